The molecule has 5 aromatic rings. The number of nitrogens with one attached hydrogen (secondary N) is 1. The molecule has 2 aliphatic heterocycles. The molecule has 0 saturated carbocycles. The fourth-order valence-corrected chi connectivity index (χ4v) is 6.99. The van der Waals surface area contributed by atoms with Crippen molar-refractivity contribution < 1.29 is 5.11 Å². The number of fused-ring (bicyclic) bond motifs is 1. The Balaban J connectivity index is 1.10. The molecule has 9 nitrogen and oxygen atoms in total. The summed E-state index contributed by atoms with van der Waals surface area (Å²) in [6.07, 6.45) is 1.88. The number of aliphatic hydroxyl groups excluding tert-OH is 1. The van der Waals surface area contributed by atoms with Gasteiger partial charge in [-0.3, -0.25) is 14.4 Å². The average molecular weight is 614 g/mol. The van der Waals surface area contributed by atoms with Crippen molar-refractivity contribution in [1.29, 1.82) is 0 Å². The number of anilines is 1. The lowest BCUT2D eigenvalue weighted by atomic mass is 9.97. The van der Waals surface area contributed by atoms with Gasteiger partial charge in [-0.05, 0) is 47.7 Å². The molecule has 0 aliphatic carbocycles. The lowest BCUT2D eigenvalue weighted by molar-refractivity contribution is 0.180. The molecular formula is C37H39N7O2. The maximum atomic E-state index is 12.7. The molecular weight excluding hydrogens is 574 g/mol. The van der Waals surface area contributed by atoms with E-state index in [1.807, 2.05) is 53.1 Å². The number of β-amino-alcohol motifs (C(OH)–C–C–N with tert-alkyl or cyclic N) is 1. The van der Waals surface area contributed by atoms with Crippen LogP contribution in [0.1, 0.15) is 24.4 Å². The van der Waals surface area contributed by atoms with E-state index in [9.17, 15) is 9.90 Å². The fourth-order valence-electron chi connectivity index (χ4n) is 6.99. The van der Waals surface area contributed by atoms with E-state index in [0.717, 1.165) is 97.9 Å². The molecule has 7 rings (SSSR count). The third-order valence-electron chi connectivity index (χ3n) is 9.46. The second-order valence-electron chi connectivity index (χ2n) is 12.3. The van der Waals surface area contributed by atoms with Gasteiger partial charge in [0.15, 0.2) is 0 Å². The molecule has 3 aromatic carbocycles. The second-order valence-corrected chi connectivity index (χ2v) is 12.3. The van der Waals surface area contributed by atoms with Crippen LogP contribution >= 0.6 is 0 Å². The first-order valence-electron chi connectivity index (χ1n) is 16.2. The zero-order valence-corrected chi connectivity index (χ0v) is 26.0. The smallest absolute Gasteiger partial charge is 0.326 e. The van der Waals surface area contributed by atoms with Gasteiger partial charge in [-0.15, -0.1) is 0 Å². The van der Waals surface area contributed by atoms with Crippen LogP contribution in [0.15, 0.2) is 89.7 Å². The maximum absolute atomic E-state index is 12.7. The molecule has 2 saturated heterocycles. The Labute approximate surface area is 269 Å². The molecule has 234 valence electrons. The number of likely N-dealkylation sites (tertiary alicyclic amines) is 1. The number of aliphatic hydroxyl groups is 1. The molecule has 0 radical (unpaired) electrons. The Bertz CT molecular complexity index is 1890. The van der Waals surface area contributed by atoms with Crippen molar-refractivity contribution in [1.82, 2.24) is 24.3 Å². The summed E-state index contributed by atoms with van der Waals surface area (Å²) in [6.45, 7) is 14.7. The number of rotatable bonds is 8. The predicted octanol–water partition coefficient (Wildman–Crippen LogP) is 5.56. The van der Waals surface area contributed by atoms with Crippen LogP contribution < -0.4 is 10.6 Å². The van der Waals surface area contributed by atoms with Crippen molar-refractivity contribution in [2.45, 2.75) is 25.4 Å². The summed E-state index contributed by atoms with van der Waals surface area (Å²) in [6, 6.07) is 29.0. The monoisotopic (exact) mass is 613 g/mol. The lowest BCUT2D eigenvalue weighted by Crippen LogP contribution is -2.47. The topological polar surface area (TPSA) is 85.0 Å². The van der Waals surface area contributed by atoms with E-state index in [2.05, 4.69) is 60.9 Å². The average Bonchev–Trinajstić information content (AvgIpc) is 3.45. The number of benzene rings is 3. The van der Waals surface area contributed by atoms with E-state index in [1.54, 1.807) is 0 Å². The van der Waals surface area contributed by atoms with E-state index in [4.69, 9.17) is 11.6 Å². The Morgan fingerprint density at radius 2 is 1.57 bits per heavy atom. The Hall–Kier alpha value is -4.75. The number of aromatic nitrogens is 3. The molecule has 9 heteroatoms. The largest absolute Gasteiger partial charge is 0.395 e. The van der Waals surface area contributed by atoms with Gasteiger partial charge in [0.05, 0.1) is 29.9 Å². The second kappa shape index (κ2) is 13.3. The molecule has 2 fully saturated rings. The molecule has 0 spiro atoms. The minimum atomic E-state index is -0.0183. The van der Waals surface area contributed by atoms with Gasteiger partial charge in [-0.2, -0.15) is 0 Å². The summed E-state index contributed by atoms with van der Waals surface area (Å²) in [4.78, 5) is 31.8. The van der Waals surface area contributed by atoms with Crippen molar-refractivity contribution in [2.24, 2.45) is 0 Å². The Kier molecular flexibility index (Phi) is 8.66. The first-order chi connectivity index (χ1) is 22.6. The van der Waals surface area contributed by atoms with E-state index in [1.165, 1.54) is 5.56 Å². The molecule has 2 aliphatic rings. The Morgan fingerprint density at radius 3 is 2.28 bits per heavy atom. The molecule has 2 N–H and O–H groups in total. The van der Waals surface area contributed by atoms with E-state index in [-0.39, 0.29) is 18.3 Å². The molecule has 4 heterocycles. The van der Waals surface area contributed by atoms with Gasteiger partial charge < -0.3 is 15.0 Å². The molecule has 2 aromatic heterocycles. The number of imidazole rings is 1. The van der Waals surface area contributed by atoms with Crippen LogP contribution in [0.5, 0.6) is 0 Å². The molecule has 0 atom stereocenters. The summed E-state index contributed by atoms with van der Waals surface area (Å²) in [5.41, 5.74) is 7.57. The number of hydrogen-bond donors (Lipinski definition) is 2. The van der Waals surface area contributed by atoms with Crippen molar-refractivity contribution >= 4 is 22.5 Å². The third kappa shape index (κ3) is 6.07. The summed E-state index contributed by atoms with van der Waals surface area (Å²) in [5, 5.41) is 9.36. The third-order valence-corrected chi connectivity index (χ3v) is 9.46. The minimum absolute atomic E-state index is 0.0183. The number of aromatic amines is 1. The van der Waals surface area contributed by atoms with E-state index >= 15 is 0 Å². The number of piperazine rings is 1. The van der Waals surface area contributed by atoms with Gasteiger partial charge in [0.2, 0.25) is 5.69 Å². The molecule has 0 bridgehead atoms. The fraction of sp³-hybridized carbons (Fsp3) is 0.324. The first-order valence-corrected chi connectivity index (χ1v) is 16.2. The quantitative estimate of drug-likeness (QED) is 0.223. The number of hydrogen-bond acceptors (Lipinski definition) is 6. The van der Waals surface area contributed by atoms with Crippen molar-refractivity contribution in [2.75, 3.05) is 57.3 Å². The predicted molar refractivity (Wildman–Crippen MR) is 183 cm³/mol. The van der Waals surface area contributed by atoms with Crippen molar-refractivity contribution in [3.63, 3.8) is 0 Å². The van der Waals surface area contributed by atoms with Gasteiger partial charge in [0.1, 0.15) is 5.82 Å². The highest BCUT2D eigenvalue weighted by molar-refractivity contribution is 5.87. The van der Waals surface area contributed by atoms with Crippen molar-refractivity contribution in [3.05, 3.63) is 112 Å². The SMILES string of the molecule is [C-]#[N+]c1cc(-c2ccccc2)c(-c2ccc(CN3CCC(n4c(=O)[nH]c5ccccc54)CC3)cc2)nc1N1CCN(CCO)CC1. The lowest BCUT2D eigenvalue weighted by Gasteiger charge is -2.36. The first kappa shape index (κ1) is 29.9. The summed E-state index contributed by atoms with van der Waals surface area (Å²) >= 11 is 0. The van der Waals surface area contributed by atoms with Crippen LogP contribution in [0.4, 0.5) is 11.5 Å². The summed E-state index contributed by atoms with van der Waals surface area (Å²) in [7, 11) is 0. The van der Waals surface area contributed by atoms with Crippen LogP contribution in [0.3, 0.4) is 0 Å². The van der Waals surface area contributed by atoms with Gasteiger partial charge in [0, 0.05) is 64.0 Å². The molecule has 0 amide bonds. The standard InChI is InChI=1S/C37H39N7O2/c1-38-33-25-31(28-7-3-2-4-8-28)35(40-36(33)43-21-19-41(20-22-43)23-24-45)29-13-11-27(12-14-29)26-42-17-15-30(16-18-42)44-34-10-6-5-9-32(34)39-37(44)46/h2-14,25,30,45H,15-24,26H2,(H,39,46). The van der Waals surface area contributed by atoms with Crippen LogP contribution in [-0.4, -0.2) is 81.9 Å². The zero-order valence-electron chi connectivity index (χ0n) is 26.0. The van der Waals surface area contributed by atoms with Crippen LogP contribution in [0.2, 0.25) is 0 Å². The number of para-hydroxylation sites is 2. The highest BCUT2D eigenvalue weighted by Gasteiger charge is 2.25. The highest BCUT2D eigenvalue weighted by atomic mass is 16.3. The Morgan fingerprint density at radius 1 is 0.848 bits per heavy atom. The number of piperidine rings is 1. The van der Waals surface area contributed by atoms with Crippen LogP contribution in [-0.2, 0) is 6.54 Å². The number of nitrogens with zero attached hydrogens (tertiary/aromatic N) is 6. The number of H-pyrrole nitrogens is 1. The summed E-state index contributed by atoms with van der Waals surface area (Å²) in [5.74, 6) is 0.731. The van der Waals surface area contributed by atoms with Gasteiger partial charge >= 0.3 is 5.69 Å². The van der Waals surface area contributed by atoms with E-state index in [0.29, 0.717) is 12.2 Å². The maximum Gasteiger partial charge on any atom is 0.326 e. The van der Waals surface area contributed by atoms with Gasteiger partial charge in [0.25, 0.3) is 0 Å². The van der Waals surface area contributed by atoms with Gasteiger partial charge in [-0.25, -0.2) is 14.6 Å². The number of pyridine rings is 1. The molecule has 0 unspecified atom stereocenters. The minimum Gasteiger partial charge on any atom is -0.395 e. The zero-order chi connectivity index (χ0) is 31.5. The van der Waals surface area contributed by atoms with Crippen LogP contribution in [0, 0.1) is 6.57 Å². The normalized spacial score (nSPS) is 16.6. The molecule has 46 heavy (non-hydrogen) atoms. The van der Waals surface area contributed by atoms with E-state index < -0.39 is 0 Å². The summed E-state index contributed by atoms with van der Waals surface area (Å²) < 4.78 is 1.95. The van der Waals surface area contributed by atoms with Crippen LogP contribution in [0.25, 0.3) is 38.3 Å². The van der Waals surface area contributed by atoms with Crippen molar-refractivity contribution in [3.8, 4) is 22.4 Å². The highest BCUT2D eigenvalue weighted by Crippen LogP contribution is 2.39. The van der Waals surface area contributed by atoms with Gasteiger partial charge in [-0.1, -0.05) is 66.7 Å².